The number of nitrogens with one attached hydrogen (secondary N) is 2. The van der Waals surface area contributed by atoms with Crippen LogP contribution in [-0.2, 0) is 6.54 Å². The van der Waals surface area contributed by atoms with Crippen LogP contribution in [0.1, 0.15) is 72.9 Å². The third-order valence-corrected chi connectivity index (χ3v) is 6.73. The molecule has 1 saturated carbocycles. The third-order valence-electron chi connectivity index (χ3n) is 6.73. The molecule has 0 aromatic heterocycles. The normalized spacial score (nSPS) is 21.2. The van der Waals surface area contributed by atoms with E-state index in [1.165, 1.54) is 44.9 Å². The number of aryl methyl sites for hydroxylation is 1. The van der Waals surface area contributed by atoms with E-state index in [2.05, 4.69) is 16.8 Å². The number of rotatable bonds is 7. The quantitative estimate of drug-likeness (QED) is 0.750. The second kappa shape index (κ2) is 9.27. The number of fused-ring (bicyclic) bond motifs is 1. The smallest absolute Gasteiger partial charge is 0.268 e. The van der Waals surface area contributed by atoms with E-state index in [1.807, 2.05) is 18.0 Å². The molecule has 2 aliphatic heterocycles. The van der Waals surface area contributed by atoms with Gasteiger partial charge in [-0.25, -0.2) is 5.43 Å². The molecule has 0 atom stereocenters. The van der Waals surface area contributed by atoms with Crippen LogP contribution in [-0.4, -0.2) is 37.2 Å². The molecule has 2 fully saturated rings. The maximum absolute atomic E-state index is 12.8. The Labute approximate surface area is 169 Å². The SMILES string of the molecule is Cc1cc(OCCC2CCNCC2)cc2c1C(=O)N(NCC1CCCCC1)C2. The molecule has 5 heteroatoms. The van der Waals surface area contributed by atoms with E-state index in [9.17, 15) is 4.79 Å². The molecule has 3 aliphatic rings. The van der Waals surface area contributed by atoms with E-state index < -0.39 is 0 Å². The number of nitrogens with zero attached hydrogens (tertiary/aromatic N) is 1. The average Bonchev–Trinajstić information content (AvgIpc) is 3.04. The lowest BCUT2D eigenvalue weighted by molar-refractivity contribution is 0.0663. The first-order chi connectivity index (χ1) is 13.7. The summed E-state index contributed by atoms with van der Waals surface area (Å²) in [5.74, 6) is 2.51. The molecule has 2 N–H and O–H groups in total. The van der Waals surface area contributed by atoms with Crippen molar-refractivity contribution in [3.05, 3.63) is 28.8 Å². The number of carbonyl (C=O) groups is 1. The minimum atomic E-state index is 0.115. The third kappa shape index (κ3) is 4.69. The van der Waals surface area contributed by atoms with Gasteiger partial charge in [0, 0.05) is 12.1 Å². The first kappa shape index (κ1) is 19.7. The van der Waals surface area contributed by atoms with Gasteiger partial charge in [0.15, 0.2) is 0 Å². The Morgan fingerprint density at radius 1 is 1.11 bits per heavy atom. The maximum Gasteiger partial charge on any atom is 0.268 e. The first-order valence-corrected chi connectivity index (χ1v) is 11.2. The van der Waals surface area contributed by atoms with Gasteiger partial charge in [-0.1, -0.05) is 19.3 Å². The van der Waals surface area contributed by atoms with Gasteiger partial charge in [-0.05, 0) is 87.2 Å². The minimum absolute atomic E-state index is 0.115. The fraction of sp³-hybridized carbons (Fsp3) is 0.696. The highest BCUT2D eigenvalue weighted by molar-refractivity contribution is 5.99. The van der Waals surface area contributed by atoms with E-state index in [1.54, 1.807) is 0 Å². The predicted octanol–water partition coefficient (Wildman–Crippen LogP) is 3.80. The van der Waals surface area contributed by atoms with Crippen LogP contribution < -0.4 is 15.5 Å². The molecule has 0 unspecified atom stereocenters. The number of carbonyl (C=O) groups excluding carboxylic acids is 1. The highest BCUT2D eigenvalue weighted by Gasteiger charge is 2.30. The lowest BCUT2D eigenvalue weighted by Gasteiger charge is -2.25. The number of hydrogen-bond donors (Lipinski definition) is 2. The van der Waals surface area contributed by atoms with Gasteiger partial charge in [0.1, 0.15) is 5.75 Å². The highest BCUT2D eigenvalue weighted by atomic mass is 16.5. The predicted molar refractivity (Wildman–Crippen MR) is 111 cm³/mol. The van der Waals surface area contributed by atoms with Crippen molar-refractivity contribution >= 4 is 5.91 Å². The minimum Gasteiger partial charge on any atom is -0.494 e. The first-order valence-electron chi connectivity index (χ1n) is 11.2. The van der Waals surface area contributed by atoms with Crippen LogP contribution in [0.3, 0.4) is 0 Å². The van der Waals surface area contributed by atoms with Crippen LogP contribution >= 0.6 is 0 Å². The van der Waals surface area contributed by atoms with Gasteiger partial charge in [-0.3, -0.25) is 9.80 Å². The molecule has 28 heavy (non-hydrogen) atoms. The van der Waals surface area contributed by atoms with Crippen LogP contribution in [0.2, 0.25) is 0 Å². The fourth-order valence-electron chi connectivity index (χ4n) is 4.99. The highest BCUT2D eigenvalue weighted by Crippen LogP contribution is 2.30. The summed E-state index contributed by atoms with van der Waals surface area (Å²) >= 11 is 0. The van der Waals surface area contributed by atoms with Crippen LogP contribution in [0.5, 0.6) is 5.75 Å². The van der Waals surface area contributed by atoms with E-state index in [4.69, 9.17) is 4.74 Å². The molecule has 4 rings (SSSR count). The molecule has 1 aliphatic carbocycles. The summed E-state index contributed by atoms with van der Waals surface area (Å²) in [5, 5.41) is 5.23. The molecule has 154 valence electrons. The molecule has 2 heterocycles. The molecule has 0 bridgehead atoms. The Kier molecular flexibility index (Phi) is 6.53. The summed E-state index contributed by atoms with van der Waals surface area (Å²) < 4.78 is 6.07. The number of hydrazine groups is 1. The van der Waals surface area contributed by atoms with Crippen molar-refractivity contribution in [2.75, 3.05) is 26.2 Å². The Hall–Kier alpha value is -1.59. The lowest BCUT2D eigenvalue weighted by Crippen LogP contribution is -2.41. The Morgan fingerprint density at radius 2 is 1.89 bits per heavy atom. The zero-order valence-corrected chi connectivity index (χ0v) is 17.3. The molecule has 1 amide bonds. The summed E-state index contributed by atoms with van der Waals surface area (Å²) in [7, 11) is 0. The number of hydrogen-bond acceptors (Lipinski definition) is 4. The van der Waals surface area contributed by atoms with E-state index in [0.29, 0.717) is 12.5 Å². The van der Waals surface area contributed by atoms with Crippen LogP contribution in [0.15, 0.2) is 12.1 Å². The average molecular weight is 386 g/mol. The Balaban J connectivity index is 1.31. The molecule has 0 radical (unpaired) electrons. The van der Waals surface area contributed by atoms with Crippen molar-refractivity contribution in [3.63, 3.8) is 0 Å². The maximum atomic E-state index is 12.8. The van der Waals surface area contributed by atoms with Gasteiger partial charge in [0.05, 0.1) is 13.2 Å². The standard InChI is InChI=1S/C23H35N3O2/c1-17-13-21(28-12-9-18-7-10-24-11-8-18)14-20-16-26(23(27)22(17)20)25-15-19-5-3-2-4-6-19/h13-14,18-19,24-25H,2-12,15-16H2,1H3. The van der Waals surface area contributed by atoms with Gasteiger partial charge in [-0.15, -0.1) is 0 Å². The van der Waals surface area contributed by atoms with Crippen LogP contribution in [0.25, 0.3) is 0 Å². The largest absolute Gasteiger partial charge is 0.494 e. The number of amides is 1. The molecular weight excluding hydrogens is 350 g/mol. The van der Waals surface area contributed by atoms with E-state index >= 15 is 0 Å². The Bertz CT molecular complexity index is 679. The Morgan fingerprint density at radius 3 is 2.68 bits per heavy atom. The summed E-state index contributed by atoms with van der Waals surface area (Å²) in [5.41, 5.74) is 6.41. The summed E-state index contributed by atoms with van der Waals surface area (Å²) in [6.07, 6.45) is 10.2. The number of ether oxygens (including phenoxy) is 1. The molecule has 1 saturated heterocycles. The molecule has 5 nitrogen and oxygen atoms in total. The van der Waals surface area contributed by atoms with Crippen LogP contribution in [0.4, 0.5) is 0 Å². The molecule has 1 aromatic rings. The van der Waals surface area contributed by atoms with Crippen molar-refractivity contribution in [1.29, 1.82) is 0 Å². The van der Waals surface area contributed by atoms with Gasteiger partial charge in [0.25, 0.3) is 5.91 Å². The van der Waals surface area contributed by atoms with Crippen LogP contribution in [0, 0.1) is 18.8 Å². The summed E-state index contributed by atoms with van der Waals surface area (Å²) in [4.78, 5) is 12.8. The topological polar surface area (TPSA) is 53.6 Å². The van der Waals surface area contributed by atoms with Gasteiger partial charge >= 0.3 is 0 Å². The van der Waals surface area contributed by atoms with Crippen molar-refractivity contribution in [3.8, 4) is 5.75 Å². The fourth-order valence-corrected chi connectivity index (χ4v) is 4.99. The van der Waals surface area contributed by atoms with Crippen molar-refractivity contribution in [2.45, 2.75) is 64.8 Å². The van der Waals surface area contributed by atoms with Crippen molar-refractivity contribution in [2.24, 2.45) is 11.8 Å². The summed E-state index contributed by atoms with van der Waals surface area (Å²) in [6.45, 7) is 6.62. The molecular formula is C23H35N3O2. The second-order valence-electron chi connectivity index (χ2n) is 8.86. The summed E-state index contributed by atoms with van der Waals surface area (Å²) in [6, 6.07) is 4.11. The van der Waals surface area contributed by atoms with Gasteiger partial charge in [-0.2, -0.15) is 0 Å². The van der Waals surface area contributed by atoms with Gasteiger partial charge < -0.3 is 10.1 Å². The van der Waals surface area contributed by atoms with E-state index in [-0.39, 0.29) is 5.91 Å². The van der Waals surface area contributed by atoms with Crippen molar-refractivity contribution in [1.82, 2.24) is 15.8 Å². The monoisotopic (exact) mass is 385 g/mol. The van der Waals surface area contributed by atoms with Gasteiger partial charge in [0.2, 0.25) is 0 Å². The van der Waals surface area contributed by atoms with Crippen molar-refractivity contribution < 1.29 is 9.53 Å². The molecule has 1 aromatic carbocycles. The number of piperidine rings is 1. The number of benzene rings is 1. The second-order valence-corrected chi connectivity index (χ2v) is 8.86. The zero-order valence-electron chi connectivity index (χ0n) is 17.3. The molecule has 0 spiro atoms. The zero-order chi connectivity index (χ0) is 19.3. The van der Waals surface area contributed by atoms with E-state index in [0.717, 1.165) is 61.0 Å². The lowest BCUT2D eigenvalue weighted by atomic mass is 9.89.